The highest BCUT2D eigenvalue weighted by Crippen LogP contribution is 2.12. The van der Waals surface area contributed by atoms with Gasteiger partial charge in [0, 0.05) is 12.8 Å². The highest BCUT2D eigenvalue weighted by molar-refractivity contribution is 5.69. The van der Waals surface area contributed by atoms with Crippen molar-refractivity contribution in [3.63, 3.8) is 0 Å². The zero-order valence-electron chi connectivity index (χ0n) is 19.8. The Morgan fingerprint density at radius 3 is 1.59 bits per heavy atom. The first-order valence-electron chi connectivity index (χ1n) is 12.3. The number of carbonyl (C=O) groups is 2. The van der Waals surface area contributed by atoms with E-state index in [4.69, 9.17) is 9.47 Å². The summed E-state index contributed by atoms with van der Waals surface area (Å²) in [6, 6.07) is 0. The molecule has 0 aromatic rings. The van der Waals surface area contributed by atoms with Crippen LogP contribution in [0.15, 0.2) is 0 Å². The minimum atomic E-state index is -0.0783. The van der Waals surface area contributed by atoms with Gasteiger partial charge in [0.15, 0.2) is 0 Å². The van der Waals surface area contributed by atoms with Crippen LogP contribution in [-0.4, -0.2) is 24.6 Å². The van der Waals surface area contributed by atoms with Crippen LogP contribution in [0.5, 0.6) is 0 Å². The molecule has 0 aromatic carbocycles. The van der Waals surface area contributed by atoms with Gasteiger partial charge in [0.25, 0.3) is 0 Å². The Kier molecular flexibility index (Phi) is 19.5. The fourth-order valence-corrected chi connectivity index (χ4v) is 3.14. The molecule has 0 bridgehead atoms. The van der Waals surface area contributed by atoms with E-state index in [1.54, 1.807) is 0 Å². The van der Waals surface area contributed by atoms with E-state index in [1.165, 1.54) is 44.9 Å². The summed E-state index contributed by atoms with van der Waals surface area (Å²) in [5.41, 5.74) is 0. The third kappa shape index (κ3) is 20.0. The van der Waals surface area contributed by atoms with Crippen LogP contribution in [0.1, 0.15) is 130 Å². The molecule has 0 aliphatic carbocycles. The first kappa shape index (κ1) is 27.9. The summed E-state index contributed by atoms with van der Waals surface area (Å²) < 4.78 is 10.7. The van der Waals surface area contributed by atoms with Crippen molar-refractivity contribution in [2.45, 2.75) is 137 Å². The molecule has 0 spiro atoms. The Morgan fingerprint density at radius 2 is 1.07 bits per heavy atom. The number of esters is 2. The molecule has 0 saturated heterocycles. The maximum atomic E-state index is 11.7. The van der Waals surface area contributed by atoms with Gasteiger partial charge in [-0.3, -0.25) is 9.59 Å². The van der Waals surface area contributed by atoms with Gasteiger partial charge < -0.3 is 9.47 Å². The average molecular weight is 413 g/mol. The molecule has 0 aromatic heterocycles. The SMILES string of the molecule is CCCCCCCCCCOC(=O)CCCCCCCCC(=O)OC(C)C(C)C. The van der Waals surface area contributed by atoms with Crippen LogP contribution in [0, 0.1) is 5.92 Å². The zero-order valence-corrected chi connectivity index (χ0v) is 19.8. The maximum absolute atomic E-state index is 11.7. The molecule has 0 aliphatic heterocycles. The Labute approximate surface area is 180 Å². The summed E-state index contributed by atoms with van der Waals surface area (Å²) in [5.74, 6) is 0.242. The van der Waals surface area contributed by atoms with Crippen LogP contribution in [0.3, 0.4) is 0 Å². The molecule has 0 radical (unpaired) electrons. The lowest BCUT2D eigenvalue weighted by molar-refractivity contribution is -0.150. The van der Waals surface area contributed by atoms with Gasteiger partial charge in [0.2, 0.25) is 0 Å². The Bertz CT molecular complexity index is 392. The van der Waals surface area contributed by atoms with Crippen molar-refractivity contribution >= 4 is 11.9 Å². The van der Waals surface area contributed by atoms with Crippen LogP contribution in [0.4, 0.5) is 0 Å². The van der Waals surface area contributed by atoms with Crippen molar-refractivity contribution < 1.29 is 19.1 Å². The summed E-state index contributed by atoms with van der Waals surface area (Å²) in [4.78, 5) is 23.4. The van der Waals surface area contributed by atoms with Gasteiger partial charge >= 0.3 is 11.9 Å². The molecule has 0 N–H and O–H groups in total. The van der Waals surface area contributed by atoms with E-state index in [1.807, 2.05) is 6.92 Å². The molecule has 0 amide bonds. The molecule has 4 heteroatoms. The Hall–Kier alpha value is -1.06. The average Bonchev–Trinajstić information content (AvgIpc) is 2.68. The molecule has 1 unspecified atom stereocenters. The fourth-order valence-electron chi connectivity index (χ4n) is 3.14. The Balaban J connectivity index is 3.32. The van der Waals surface area contributed by atoms with Crippen molar-refractivity contribution in [1.82, 2.24) is 0 Å². The molecule has 0 heterocycles. The molecule has 29 heavy (non-hydrogen) atoms. The number of ether oxygens (including phenoxy) is 2. The quantitative estimate of drug-likeness (QED) is 0.155. The smallest absolute Gasteiger partial charge is 0.306 e. The number of unbranched alkanes of at least 4 members (excludes halogenated alkanes) is 12. The van der Waals surface area contributed by atoms with Crippen LogP contribution in [0.25, 0.3) is 0 Å². The van der Waals surface area contributed by atoms with Gasteiger partial charge in [-0.1, -0.05) is 91.4 Å². The second-order valence-corrected chi connectivity index (χ2v) is 8.76. The van der Waals surface area contributed by atoms with Crippen LogP contribution < -0.4 is 0 Å². The molecule has 0 fully saturated rings. The van der Waals surface area contributed by atoms with Crippen molar-refractivity contribution in [3.8, 4) is 0 Å². The van der Waals surface area contributed by atoms with Crippen LogP contribution in [-0.2, 0) is 19.1 Å². The third-order valence-corrected chi connectivity index (χ3v) is 5.53. The normalized spacial score (nSPS) is 12.2. The monoisotopic (exact) mass is 412 g/mol. The van der Waals surface area contributed by atoms with Gasteiger partial charge in [-0.15, -0.1) is 0 Å². The van der Waals surface area contributed by atoms with E-state index in [0.29, 0.717) is 25.4 Å². The summed E-state index contributed by atoms with van der Waals surface area (Å²) in [5, 5.41) is 0. The molecule has 4 nitrogen and oxygen atoms in total. The molecular weight excluding hydrogens is 364 g/mol. The van der Waals surface area contributed by atoms with Crippen molar-refractivity contribution in [1.29, 1.82) is 0 Å². The minimum absolute atomic E-state index is 0.00203. The number of hydrogen-bond acceptors (Lipinski definition) is 4. The van der Waals surface area contributed by atoms with Crippen molar-refractivity contribution in [3.05, 3.63) is 0 Å². The van der Waals surface area contributed by atoms with E-state index in [2.05, 4.69) is 20.8 Å². The topological polar surface area (TPSA) is 52.6 Å². The number of carbonyl (C=O) groups excluding carboxylic acids is 2. The minimum Gasteiger partial charge on any atom is -0.466 e. The largest absolute Gasteiger partial charge is 0.466 e. The standard InChI is InChI=1S/C25H48O4/c1-5-6-7-8-9-12-15-18-21-28-24(26)19-16-13-10-11-14-17-20-25(27)29-23(4)22(2)3/h22-23H,5-21H2,1-4H3. The highest BCUT2D eigenvalue weighted by atomic mass is 16.5. The fraction of sp³-hybridized carbons (Fsp3) is 0.920. The molecule has 172 valence electrons. The van der Waals surface area contributed by atoms with Gasteiger partial charge in [-0.05, 0) is 32.1 Å². The number of hydrogen-bond donors (Lipinski definition) is 0. The predicted octanol–water partition coefficient (Wildman–Crippen LogP) is 7.38. The second-order valence-electron chi connectivity index (χ2n) is 8.76. The van der Waals surface area contributed by atoms with E-state index >= 15 is 0 Å². The molecule has 0 saturated carbocycles. The lowest BCUT2D eigenvalue weighted by Crippen LogP contribution is -2.19. The molecule has 0 rings (SSSR count). The van der Waals surface area contributed by atoms with Gasteiger partial charge in [0.05, 0.1) is 6.61 Å². The van der Waals surface area contributed by atoms with Gasteiger partial charge in [-0.2, -0.15) is 0 Å². The van der Waals surface area contributed by atoms with E-state index < -0.39 is 0 Å². The summed E-state index contributed by atoms with van der Waals surface area (Å²) >= 11 is 0. The lowest BCUT2D eigenvalue weighted by atomic mass is 10.1. The molecule has 0 aliphatic rings. The predicted molar refractivity (Wildman–Crippen MR) is 121 cm³/mol. The zero-order chi connectivity index (χ0) is 21.7. The van der Waals surface area contributed by atoms with Crippen LogP contribution in [0.2, 0.25) is 0 Å². The third-order valence-electron chi connectivity index (χ3n) is 5.53. The van der Waals surface area contributed by atoms with Gasteiger partial charge in [-0.25, -0.2) is 0 Å². The van der Waals surface area contributed by atoms with Crippen molar-refractivity contribution in [2.75, 3.05) is 6.61 Å². The second kappa shape index (κ2) is 20.2. The highest BCUT2D eigenvalue weighted by Gasteiger charge is 2.12. The number of rotatable bonds is 20. The molecule has 1 atom stereocenters. The van der Waals surface area contributed by atoms with Crippen molar-refractivity contribution in [2.24, 2.45) is 5.92 Å². The maximum Gasteiger partial charge on any atom is 0.306 e. The summed E-state index contributed by atoms with van der Waals surface area (Å²) in [6.45, 7) is 8.89. The summed E-state index contributed by atoms with van der Waals surface area (Å²) in [6.07, 6.45) is 17.3. The summed E-state index contributed by atoms with van der Waals surface area (Å²) in [7, 11) is 0. The first-order valence-corrected chi connectivity index (χ1v) is 12.3. The van der Waals surface area contributed by atoms with Crippen LogP contribution >= 0.6 is 0 Å². The van der Waals surface area contributed by atoms with E-state index in [9.17, 15) is 9.59 Å². The molecular formula is C25H48O4. The Morgan fingerprint density at radius 1 is 0.621 bits per heavy atom. The van der Waals surface area contributed by atoms with E-state index in [0.717, 1.165) is 44.9 Å². The van der Waals surface area contributed by atoms with E-state index in [-0.39, 0.29) is 18.0 Å². The lowest BCUT2D eigenvalue weighted by Gasteiger charge is -2.16. The van der Waals surface area contributed by atoms with Gasteiger partial charge in [0.1, 0.15) is 6.10 Å². The first-order chi connectivity index (χ1) is 14.0.